The average molecular weight is 204 g/mol. The molecule has 2 aromatic rings. The van der Waals surface area contributed by atoms with E-state index in [9.17, 15) is 5.21 Å². The molecule has 0 unspecified atom stereocenters. The molecule has 3 nitrogen and oxygen atoms in total. The summed E-state index contributed by atoms with van der Waals surface area (Å²) in [6.07, 6.45) is 3.62. The van der Waals surface area contributed by atoms with Gasteiger partial charge in [0.1, 0.15) is 5.69 Å². The number of nitrogens with zero attached hydrogens (tertiary/aromatic N) is 2. The summed E-state index contributed by atoms with van der Waals surface area (Å²) in [7, 11) is 0. The van der Waals surface area contributed by atoms with Crippen LogP contribution < -0.4 is 0 Å². The zero-order valence-corrected chi connectivity index (χ0v) is 8.20. The Bertz CT molecular complexity index is 510. The molecule has 0 aromatic carbocycles. The second kappa shape index (κ2) is 2.72. The van der Waals surface area contributed by atoms with Gasteiger partial charge in [0.2, 0.25) is 6.21 Å². The van der Waals surface area contributed by atoms with E-state index in [1.165, 1.54) is 11.3 Å². The molecule has 70 valence electrons. The first-order valence-electron chi connectivity index (χ1n) is 4.37. The second-order valence-electron chi connectivity index (χ2n) is 3.27. The molecule has 0 saturated carbocycles. The number of fused-ring (bicyclic) bond motifs is 2. The first kappa shape index (κ1) is 7.82. The van der Waals surface area contributed by atoms with Crippen LogP contribution in [0.25, 0.3) is 0 Å². The Morgan fingerprint density at radius 1 is 1.43 bits per heavy atom. The van der Waals surface area contributed by atoms with Gasteiger partial charge in [-0.25, -0.2) is 0 Å². The number of rotatable bonds is 0. The number of hydrogen-bond acceptors (Lipinski definition) is 2. The molecule has 0 fully saturated rings. The van der Waals surface area contributed by atoms with Crippen LogP contribution in [0.5, 0.6) is 0 Å². The van der Waals surface area contributed by atoms with Crippen molar-refractivity contribution >= 4 is 22.6 Å². The predicted octanol–water partition coefficient (Wildman–Crippen LogP) is 2.17. The van der Waals surface area contributed by atoms with Gasteiger partial charge in [0.05, 0.1) is 12.1 Å². The predicted molar refractivity (Wildman–Crippen MR) is 56.3 cm³/mol. The maximum absolute atomic E-state index is 11.7. The molecule has 0 radical (unpaired) electrons. The third kappa shape index (κ3) is 1.01. The molecule has 3 heterocycles. The SMILES string of the molecule is [O-][N+]1=Cc2cccn2Cc2ccsc21. The summed E-state index contributed by atoms with van der Waals surface area (Å²) in [5.74, 6) is 0. The molecule has 2 aromatic heterocycles. The minimum absolute atomic E-state index is 0.788. The van der Waals surface area contributed by atoms with Crippen LogP contribution in [0.2, 0.25) is 0 Å². The van der Waals surface area contributed by atoms with Crippen molar-refractivity contribution in [2.24, 2.45) is 0 Å². The molecule has 0 N–H and O–H groups in total. The molecule has 1 aliphatic rings. The largest absolute Gasteiger partial charge is 0.618 e. The molecule has 0 spiro atoms. The summed E-state index contributed by atoms with van der Waals surface area (Å²) in [6, 6.07) is 5.91. The Morgan fingerprint density at radius 2 is 2.36 bits per heavy atom. The monoisotopic (exact) mass is 204 g/mol. The molecule has 0 aliphatic carbocycles. The molecule has 0 amide bonds. The van der Waals surface area contributed by atoms with E-state index < -0.39 is 0 Å². The summed E-state index contributed by atoms with van der Waals surface area (Å²) < 4.78 is 3.03. The Kier molecular flexibility index (Phi) is 1.52. The van der Waals surface area contributed by atoms with Crippen molar-refractivity contribution in [3.63, 3.8) is 0 Å². The first-order chi connectivity index (χ1) is 6.84. The van der Waals surface area contributed by atoms with Crippen molar-refractivity contribution < 1.29 is 4.74 Å². The fraction of sp³-hybridized carbons (Fsp3) is 0.100. The Morgan fingerprint density at radius 3 is 3.29 bits per heavy atom. The Hall–Kier alpha value is -1.55. The molecule has 4 heteroatoms. The highest BCUT2D eigenvalue weighted by Crippen LogP contribution is 2.28. The lowest BCUT2D eigenvalue weighted by atomic mass is 10.3. The molecule has 0 saturated heterocycles. The quantitative estimate of drug-likeness (QED) is 0.478. The molecule has 1 aliphatic heterocycles. The van der Waals surface area contributed by atoms with Gasteiger partial charge in [-0.2, -0.15) is 4.74 Å². The van der Waals surface area contributed by atoms with Gasteiger partial charge in [-0.3, -0.25) is 0 Å². The summed E-state index contributed by atoms with van der Waals surface area (Å²) >= 11 is 1.49. The summed E-state index contributed by atoms with van der Waals surface area (Å²) in [6.45, 7) is 0.788. The normalized spacial score (nSPS) is 14.1. The van der Waals surface area contributed by atoms with Crippen LogP contribution in [-0.4, -0.2) is 15.5 Å². The van der Waals surface area contributed by atoms with Gasteiger partial charge in [-0.15, -0.1) is 0 Å². The van der Waals surface area contributed by atoms with E-state index in [1.807, 2.05) is 29.8 Å². The lowest BCUT2D eigenvalue weighted by molar-refractivity contribution is -0.349. The van der Waals surface area contributed by atoms with E-state index in [0.717, 1.165) is 27.5 Å². The smallest absolute Gasteiger partial charge is 0.277 e. The standard InChI is InChI=1S/C10H8N2OS/c13-12-7-9-2-1-4-11(9)6-8-3-5-14-10(8)12/h1-5,7H,6H2. The molecule has 0 bridgehead atoms. The van der Waals surface area contributed by atoms with Gasteiger partial charge in [0.15, 0.2) is 0 Å². The maximum Gasteiger partial charge on any atom is 0.277 e. The third-order valence-corrected chi connectivity index (χ3v) is 3.32. The molecule has 0 atom stereocenters. The second-order valence-corrected chi connectivity index (χ2v) is 4.16. The number of hydrogen-bond donors (Lipinski definition) is 0. The van der Waals surface area contributed by atoms with Gasteiger partial charge in [0, 0.05) is 6.20 Å². The van der Waals surface area contributed by atoms with Crippen molar-refractivity contribution in [2.45, 2.75) is 6.54 Å². The average Bonchev–Trinajstić information content (AvgIpc) is 2.75. The highest BCUT2D eigenvalue weighted by molar-refractivity contribution is 7.13. The molecule has 3 rings (SSSR count). The van der Waals surface area contributed by atoms with Crippen LogP contribution in [0.1, 0.15) is 11.3 Å². The minimum Gasteiger partial charge on any atom is -0.618 e. The van der Waals surface area contributed by atoms with Gasteiger partial charge >= 0.3 is 0 Å². The molecule has 14 heavy (non-hydrogen) atoms. The summed E-state index contributed by atoms with van der Waals surface area (Å²) in [4.78, 5) is 0. The van der Waals surface area contributed by atoms with Crippen molar-refractivity contribution in [2.75, 3.05) is 0 Å². The molecular formula is C10H8N2OS. The Balaban J connectivity index is 2.26. The van der Waals surface area contributed by atoms with Crippen molar-refractivity contribution in [3.05, 3.63) is 46.2 Å². The van der Waals surface area contributed by atoms with E-state index in [4.69, 9.17) is 0 Å². The van der Waals surface area contributed by atoms with E-state index in [2.05, 4.69) is 4.57 Å². The Labute approximate surface area is 85.1 Å². The summed E-state index contributed by atoms with van der Waals surface area (Å²) in [5, 5.41) is 14.4. The highest BCUT2D eigenvalue weighted by atomic mass is 32.1. The van der Waals surface area contributed by atoms with Crippen LogP contribution >= 0.6 is 11.3 Å². The van der Waals surface area contributed by atoms with Crippen LogP contribution in [0.3, 0.4) is 0 Å². The van der Waals surface area contributed by atoms with Crippen LogP contribution in [0.4, 0.5) is 5.00 Å². The first-order valence-corrected chi connectivity index (χ1v) is 5.25. The van der Waals surface area contributed by atoms with Crippen LogP contribution in [0.15, 0.2) is 29.8 Å². The van der Waals surface area contributed by atoms with E-state index in [-0.39, 0.29) is 0 Å². The summed E-state index contributed by atoms with van der Waals surface area (Å²) in [5.41, 5.74) is 2.06. The fourth-order valence-corrected chi connectivity index (χ4v) is 2.49. The lowest BCUT2D eigenvalue weighted by Gasteiger charge is -1.99. The van der Waals surface area contributed by atoms with E-state index in [0.29, 0.717) is 0 Å². The van der Waals surface area contributed by atoms with E-state index in [1.54, 1.807) is 6.21 Å². The van der Waals surface area contributed by atoms with Gasteiger partial charge in [-0.1, -0.05) is 11.3 Å². The van der Waals surface area contributed by atoms with Crippen molar-refractivity contribution in [1.29, 1.82) is 0 Å². The zero-order valence-electron chi connectivity index (χ0n) is 7.38. The van der Waals surface area contributed by atoms with Crippen LogP contribution in [0, 0.1) is 5.21 Å². The molecular weight excluding hydrogens is 196 g/mol. The van der Waals surface area contributed by atoms with Crippen LogP contribution in [-0.2, 0) is 6.54 Å². The van der Waals surface area contributed by atoms with Crippen molar-refractivity contribution in [1.82, 2.24) is 4.57 Å². The van der Waals surface area contributed by atoms with E-state index >= 15 is 0 Å². The number of aromatic nitrogens is 1. The third-order valence-electron chi connectivity index (χ3n) is 2.38. The topological polar surface area (TPSA) is 31.0 Å². The maximum atomic E-state index is 11.7. The van der Waals surface area contributed by atoms with Gasteiger partial charge in [0.25, 0.3) is 5.00 Å². The minimum atomic E-state index is 0.788. The van der Waals surface area contributed by atoms with Gasteiger partial charge in [-0.05, 0) is 23.6 Å². The van der Waals surface area contributed by atoms with Gasteiger partial charge < -0.3 is 9.77 Å². The zero-order chi connectivity index (χ0) is 9.54. The lowest BCUT2D eigenvalue weighted by Crippen LogP contribution is -2.00. The number of thiophene rings is 1. The highest BCUT2D eigenvalue weighted by Gasteiger charge is 2.17. The van der Waals surface area contributed by atoms with Crippen molar-refractivity contribution in [3.8, 4) is 0 Å². The fourth-order valence-electron chi connectivity index (χ4n) is 1.69.